The molecule has 2 heterocycles. The van der Waals surface area contributed by atoms with Gasteiger partial charge in [-0.25, -0.2) is 0 Å². The summed E-state index contributed by atoms with van der Waals surface area (Å²) in [5, 5.41) is 0. The van der Waals surface area contributed by atoms with Gasteiger partial charge in [-0.2, -0.15) is 0 Å². The van der Waals surface area contributed by atoms with Crippen LogP contribution in [0.3, 0.4) is 0 Å². The molecule has 3 rings (SSSR count). The Kier molecular flexibility index (Phi) is 4.22. The summed E-state index contributed by atoms with van der Waals surface area (Å²) < 4.78 is 7.42. The Morgan fingerprint density at radius 2 is 2.23 bits per heavy atom. The third kappa shape index (κ3) is 2.75. The smallest absolute Gasteiger partial charge is 0.251 e. The third-order valence-corrected chi connectivity index (χ3v) is 3.93. The Morgan fingerprint density at radius 1 is 1.36 bits per heavy atom. The molecule has 0 spiro atoms. The second kappa shape index (κ2) is 6.29. The van der Waals surface area contributed by atoms with E-state index in [0.29, 0.717) is 11.4 Å². The van der Waals surface area contributed by atoms with E-state index >= 15 is 0 Å². The van der Waals surface area contributed by atoms with Crippen LogP contribution in [0.1, 0.15) is 5.56 Å². The van der Waals surface area contributed by atoms with Crippen LogP contribution in [0.5, 0.6) is 0 Å². The van der Waals surface area contributed by atoms with E-state index in [4.69, 9.17) is 17.0 Å². The van der Waals surface area contributed by atoms with Crippen molar-refractivity contribution in [3.63, 3.8) is 0 Å². The average molecular weight is 315 g/mol. The van der Waals surface area contributed by atoms with Crippen molar-refractivity contribution in [1.82, 2.24) is 9.55 Å². The lowest BCUT2D eigenvalue weighted by Gasteiger charge is -2.30. The first-order valence-corrected chi connectivity index (χ1v) is 7.47. The largest absolute Gasteiger partial charge is 0.383 e. The summed E-state index contributed by atoms with van der Waals surface area (Å²) in [5.74, 6) is 0. The first kappa shape index (κ1) is 14.7. The SMILES string of the molecule is COCCN1CC=Cc2cccc(-n3ccc(=O)[nH]c3=S)c21. The lowest BCUT2D eigenvalue weighted by Crippen LogP contribution is -2.30. The van der Waals surface area contributed by atoms with Crippen LogP contribution in [0.15, 0.2) is 41.3 Å². The van der Waals surface area contributed by atoms with E-state index in [1.165, 1.54) is 6.07 Å². The zero-order valence-corrected chi connectivity index (χ0v) is 13.1. The predicted molar refractivity (Wildman–Crippen MR) is 90.3 cm³/mol. The number of hydrogen-bond acceptors (Lipinski definition) is 4. The minimum Gasteiger partial charge on any atom is -0.383 e. The highest BCUT2D eigenvalue weighted by atomic mass is 32.1. The van der Waals surface area contributed by atoms with E-state index in [1.54, 1.807) is 13.3 Å². The van der Waals surface area contributed by atoms with Crippen LogP contribution in [-0.4, -0.2) is 36.4 Å². The number of ether oxygens (including phenoxy) is 1. The van der Waals surface area contributed by atoms with Gasteiger partial charge in [-0.15, -0.1) is 0 Å². The Bertz CT molecular complexity index is 823. The van der Waals surface area contributed by atoms with E-state index in [9.17, 15) is 4.79 Å². The fraction of sp³-hybridized carbons (Fsp3) is 0.250. The summed E-state index contributed by atoms with van der Waals surface area (Å²) in [6, 6.07) is 7.55. The van der Waals surface area contributed by atoms with Crippen molar-refractivity contribution in [2.24, 2.45) is 0 Å². The number of rotatable bonds is 4. The highest BCUT2D eigenvalue weighted by Crippen LogP contribution is 2.32. The summed E-state index contributed by atoms with van der Waals surface area (Å²) in [4.78, 5) is 16.3. The molecule has 1 N–H and O–H groups in total. The second-order valence-corrected chi connectivity index (χ2v) is 5.42. The van der Waals surface area contributed by atoms with Gasteiger partial charge in [0.1, 0.15) is 0 Å². The van der Waals surface area contributed by atoms with Crippen LogP contribution in [0, 0.1) is 4.77 Å². The van der Waals surface area contributed by atoms with Gasteiger partial charge < -0.3 is 9.64 Å². The van der Waals surface area contributed by atoms with Gasteiger partial charge in [0.05, 0.1) is 18.0 Å². The molecular weight excluding hydrogens is 298 g/mol. The molecule has 0 fully saturated rings. The maximum Gasteiger partial charge on any atom is 0.251 e. The highest BCUT2D eigenvalue weighted by molar-refractivity contribution is 7.71. The first-order valence-electron chi connectivity index (χ1n) is 7.06. The maximum atomic E-state index is 11.4. The minimum absolute atomic E-state index is 0.192. The van der Waals surface area contributed by atoms with Crippen LogP contribution < -0.4 is 10.5 Å². The van der Waals surface area contributed by atoms with Crippen LogP contribution in [-0.2, 0) is 4.74 Å². The van der Waals surface area contributed by atoms with Crippen LogP contribution in [0.4, 0.5) is 5.69 Å². The first-order chi connectivity index (χ1) is 10.7. The van der Waals surface area contributed by atoms with E-state index in [0.717, 1.165) is 30.0 Å². The van der Waals surface area contributed by atoms with Crippen LogP contribution >= 0.6 is 12.2 Å². The van der Waals surface area contributed by atoms with Gasteiger partial charge in [0.15, 0.2) is 4.77 Å². The van der Waals surface area contributed by atoms with Crippen molar-refractivity contribution in [2.45, 2.75) is 0 Å². The van der Waals surface area contributed by atoms with Crippen molar-refractivity contribution in [2.75, 3.05) is 31.7 Å². The van der Waals surface area contributed by atoms with Gasteiger partial charge in [0.2, 0.25) is 0 Å². The summed E-state index contributed by atoms with van der Waals surface area (Å²) in [7, 11) is 1.70. The number of para-hydroxylation sites is 1. The quantitative estimate of drug-likeness (QED) is 0.880. The molecule has 0 bridgehead atoms. The van der Waals surface area contributed by atoms with Gasteiger partial charge in [-0.05, 0) is 23.8 Å². The zero-order chi connectivity index (χ0) is 15.5. The van der Waals surface area contributed by atoms with Gasteiger partial charge >= 0.3 is 0 Å². The molecule has 2 aromatic rings. The average Bonchev–Trinajstić information content (AvgIpc) is 2.52. The summed E-state index contributed by atoms with van der Waals surface area (Å²) in [5.41, 5.74) is 3.00. The number of anilines is 1. The number of nitrogens with zero attached hydrogens (tertiary/aromatic N) is 2. The molecule has 22 heavy (non-hydrogen) atoms. The molecule has 0 saturated heterocycles. The van der Waals surface area contributed by atoms with E-state index in [2.05, 4.69) is 28.1 Å². The number of nitrogens with one attached hydrogen (secondary N) is 1. The summed E-state index contributed by atoms with van der Waals surface area (Å²) in [6.07, 6.45) is 5.95. The Labute approximate surface area is 133 Å². The van der Waals surface area contributed by atoms with Gasteiger partial charge in [-0.1, -0.05) is 24.3 Å². The molecule has 1 aromatic heterocycles. The minimum atomic E-state index is -0.192. The number of aromatic amines is 1. The Hall–Kier alpha value is -2.18. The number of H-pyrrole nitrogens is 1. The molecular formula is C16H17N3O2S. The molecule has 1 aliphatic rings. The van der Waals surface area contributed by atoms with Crippen molar-refractivity contribution in [1.29, 1.82) is 0 Å². The number of hydrogen-bond donors (Lipinski definition) is 1. The highest BCUT2D eigenvalue weighted by Gasteiger charge is 2.18. The molecule has 6 heteroatoms. The molecule has 114 valence electrons. The van der Waals surface area contributed by atoms with Crippen molar-refractivity contribution >= 4 is 24.0 Å². The molecule has 0 aliphatic carbocycles. The van der Waals surface area contributed by atoms with Gasteiger partial charge in [0, 0.05) is 32.5 Å². The number of benzene rings is 1. The Morgan fingerprint density at radius 3 is 3.00 bits per heavy atom. The lowest BCUT2D eigenvalue weighted by atomic mass is 10.1. The van der Waals surface area contributed by atoms with Crippen molar-refractivity contribution in [3.05, 3.63) is 57.2 Å². The third-order valence-electron chi connectivity index (χ3n) is 3.63. The van der Waals surface area contributed by atoms with Crippen molar-refractivity contribution < 1.29 is 4.74 Å². The van der Waals surface area contributed by atoms with E-state index in [1.807, 2.05) is 16.7 Å². The summed E-state index contributed by atoms with van der Waals surface area (Å²) in [6.45, 7) is 2.27. The van der Waals surface area contributed by atoms with Crippen molar-refractivity contribution in [3.8, 4) is 5.69 Å². The monoisotopic (exact) mass is 315 g/mol. The maximum absolute atomic E-state index is 11.4. The predicted octanol–water partition coefficient (Wildman–Crippen LogP) is 2.37. The van der Waals surface area contributed by atoms with E-state index in [-0.39, 0.29) is 5.56 Å². The van der Waals surface area contributed by atoms with Gasteiger partial charge in [-0.3, -0.25) is 14.3 Å². The zero-order valence-electron chi connectivity index (χ0n) is 12.3. The fourth-order valence-corrected chi connectivity index (χ4v) is 2.89. The Balaban J connectivity index is 2.15. The summed E-state index contributed by atoms with van der Waals surface area (Å²) >= 11 is 5.30. The van der Waals surface area contributed by atoms with Crippen LogP contribution in [0.2, 0.25) is 0 Å². The normalized spacial score (nSPS) is 13.2. The topological polar surface area (TPSA) is 50.3 Å². The molecule has 0 saturated carbocycles. The van der Waals surface area contributed by atoms with Gasteiger partial charge in [0.25, 0.3) is 5.56 Å². The molecule has 0 amide bonds. The standard InChI is InChI=1S/C16H17N3O2S/c1-21-11-10-18-8-3-5-12-4-2-6-13(15(12)18)19-9-7-14(20)17-16(19)22/h2-7,9H,8,10-11H2,1H3,(H,17,20,22). The lowest BCUT2D eigenvalue weighted by molar-refractivity contribution is 0.205. The molecule has 5 nitrogen and oxygen atoms in total. The second-order valence-electron chi connectivity index (χ2n) is 5.04. The fourth-order valence-electron chi connectivity index (χ4n) is 2.63. The van der Waals surface area contributed by atoms with E-state index < -0.39 is 0 Å². The number of methoxy groups -OCH3 is 1. The molecule has 1 aliphatic heterocycles. The molecule has 0 atom stereocenters. The number of aromatic nitrogens is 2. The van der Waals surface area contributed by atoms with Crippen LogP contribution in [0.25, 0.3) is 11.8 Å². The molecule has 0 radical (unpaired) electrons. The molecule has 0 unspecified atom stereocenters. The molecule has 1 aromatic carbocycles. The number of fused-ring (bicyclic) bond motifs is 1.